The van der Waals surface area contributed by atoms with Gasteiger partial charge < -0.3 is 4.98 Å². The number of pyridine rings is 1. The number of benzene rings is 2. The second kappa shape index (κ2) is 6.08. The van der Waals surface area contributed by atoms with Crippen LogP contribution in [0.15, 0.2) is 59.5 Å². The second-order valence-electron chi connectivity index (χ2n) is 5.09. The highest BCUT2D eigenvalue weighted by atomic mass is 16.1. The Bertz CT molecular complexity index is 1030. The molecule has 2 aromatic carbocycles. The van der Waals surface area contributed by atoms with Crippen LogP contribution in [0.5, 0.6) is 0 Å². The van der Waals surface area contributed by atoms with Crippen LogP contribution < -0.4 is 5.56 Å². The van der Waals surface area contributed by atoms with E-state index in [4.69, 9.17) is 0 Å². The Labute approximate surface area is 134 Å². The number of nitrogens with zero attached hydrogens (tertiary/aromatic N) is 2. The molecule has 0 spiro atoms. The minimum Gasteiger partial charge on any atom is -0.329 e. The molecule has 116 valence electrons. The van der Waals surface area contributed by atoms with Gasteiger partial charge in [-0.2, -0.15) is 5.10 Å². The maximum atomic E-state index is 11.8. The number of H-pyrrole nitrogens is 1. The van der Waals surface area contributed by atoms with Crippen molar-refractivity contribution in [1.29, 1.82) is 0 Å². The molecule has 23 heavy (non-hydrogen) atoms. The summed E-state index contributed by atoms with van der Waals surface area (Å²) in [6.07, 6.45) is 1.67. The Morgan fingerprint density at radius 1 is 1.00 bits per heavy atom. The Morgan fingerprint density at radius 2 is 1.78 bits per heavy atom. The van der Waals surface area contributed by atoms with E-state index < -0.39 is 0 Å². The lowest BCUT2D eigenvalue weighted by molar-refractivity contribution is 0.890. The lowest BCUT2D eigenvalue weighted by Crippen LogP contribution is -2.05. The van der Waals surface area contributed by atoms with Crippen molar-refractivity contribution >= 4 is 21.7 Å². The van der Waals surface area contributed by atoms with E-state index in [0.29, 0.717) is 5.39 Å². The molecule has 0 aliphatic heterocycles. The van der Waals surface area contributed by atoms with Gasteiger partial charge in [-0.1, -0.05) is 32.0 Å². The smallest absolute Gasteiger partial charge is 0.255 e. The molecular formula is C19H19N3O. The second-order valence-corrected chi connectivity index (χ2v) is 5.09. The van der Waals surface area contributed by atoms with Gasteiger partial charge in [0, 0.05) is 17.0 Å². The maximum Gasteiger partial charge on any atom is 0.255 e. The maximum absolute atomic E-state index is 11.8. The van der Waals surface area contributed by atoms with Gasteiger partial charge >= 0.3 is 0 Å². The molecule has 0 atom stereocenters. The first kappa shape index (κ1) is 15.0. The van der Waals surface area contributed by atoms with E-state index in [-0.39, 0.29) is 5.56 Å². The fourth-order valence-electron chi connectivity index (χ4n) is 2.73. The van der Waals surface area contributed by atoms with Gasteiger partial charge in [-0.3, -0.25) is 4.79 Å². The van der Waals surface area contributed by atoms with E-state index in [1.54, 1.807) is 6.20 Å². The van der Waals surface area contributed by atoms with E-state index in [2.05, 4.69) is 22.2 Å². The van der Waals surface area contributed by atoms with Gasteiger partial charge in [0.05, 0.1) is 16.9 Å². The summed E-state index contributed by atoms with van der Waals surface area (Å²) < 4.78 is 1.92. The molecule has 0 aliphatic carbocycles. The third kappa shape index (κ3) is 2.52. The average Bonchev–Trinajstić information content (AvgIpc) is 2.94. The van der Waals surface area contributed by atoms with E-state index in [9.17, 15) is 4.79 Å². The van der Waals surface area contributed by atoms with Crippen LogP contribution in [0.2, 0.25) is 0 Å². The molecule has 0 saturated heterocycles. The molecule has 0 saturated carbocycles. The molecule has 4 rings (SSSR count). The van der Waals surface area contributed by atoms with Crippen LogP contribution in [0.3, 0.4) is 0 Å². The van der Waals surface area contributed by atoms with Crippen LogP contribution in [-0.2, 0) is 0 Å². The van der Waals surface area contributed by atoms with Gasteiger partial charge in [0.2, 0.25) is 0 Å². The first-order valence-corrected chi connectivity index (χ1v) is 7.80. The number of aromatic nitrogens is 3. The molecule has 0 unspecified atom stereocenters. The number of nitrogens with one attached hydrogen (secondary N) is 1. The van der Waals surface area contributed by atoms with Gasteiger partial charge in [-0.25, -0.2) is 4.68 Å². The van der Waals surface area contributed by atoms with Gasteiger partial charge in [0.1, 0.15) is 0 Å². The predicted molar refractivity (Wildman–Crippen MR) is 95.3 cm³/mol. The van der Waals surface area contributed by atoms with Crippen LogP contribution in [0.25, 0.3) is 27.4 Å². The topological polar surface area (TPSA) is 50.7 Å². The largest absolute Gasteiger partial charge is 0.329 e. The highest BCUT2D eigenvalue weighted by molar-refractivity contribution is 5.86. The monoisotopic (exact) mass is 305 g/mol. The van der Waals surface area contributed by atoms with Crippen molar-refractivity contribution in [3.63, 3.8) is 0 Å². The predicted octanol–water partition coefficient (Wildman–Crippen LogP) is 4.20. The minimum atomic E-state index is -0.0689. The molecule has 0 amide bonds. The third-order valence-corrected chi connectivity index (χ3v) is 3.77. The highest BCUT2D eigenvalue weighted by Gasteiger charge is 2.09. The fourth-order valence-corrected chi connectivity index (χ4v) is 2.73. The lowest BCUT2D eigenvalue weighted by atomic mass is 10.1. The summed E-state index contributed by atoms with van der Waals surface area (Å²) in [5, 5.41) is 7.36. The van der Waals surface area contributed by atoms with Crippen molar-refractivity contribution in [3.8, 4) is 5.69 Å². The molecule has 4 heteroatoms. The summed E-state index contributed by atoms with van der Waals surface area (Å²) in [5.41, 5.74) is 2.95. The molecule has 0 radical (unpaired) electrons. The Hall–Kier alpha value is -2.88. The molecule has 0 fully saturated rings. The quantitative estimate of drug-likeness (QED) is 0.573. The number of fused-ring (bicyclic) bond motifs is 2. The number of aryl methyl sites for hydroxylation is 1. The first-order chi connectivity index (χ1) is 11.2. The van der Waals surface area contributed by atoms with E-state index in [1.165, 1.54) is 0 Å². The first-order valence-electron chi connectivity index (χ1n) is 7.80. The molecular weight excluding hydrogens is 286 g/mol. The summed E-state index contributed by atoms with van der Waals surface area (Å²) in [6, 6.07) is 15.8. The number of hydrogen-bond acceptors (Lipinski definition) is 2. The Morgan fingerprint density at radius 3 is 2.61 bits per heavy atom. The van der Waals surface area contributed by atoms with Crippen LogP contribution >= 0.6 is 0 Å². The minimum absolute atomic E-state index is 0.0689. The molecule has 2 aromatic heterocycles. The van der Waals surface area contributed by atoms with Gasteiger partial charge in [-0.05, 0) is 42.6 Å². The van der Waals surface area contributed by atoms with Crippen LogP contribution in [-0.4, -0.2) is 14.8 Å². The zero-order valence-electron chi connectivity index (χ0n) is 13.5. The number of aromatic amines is 1. The van der Waals surface area contributed by atoms with Crippen molar-refractivity contribution in [2.75, 3.05) is 0 Å². The molecule has 0 bridgehead atoms. The lowest BCUT2D eigenvalue weighted by Gasteiger charge is -2.05. The number of rotatable bonds is 1. The van der Waals surface area contributed by atoms with Crippen molar-refractivity contribution in [3.05, 3.63) is 70.8 Å². The summed E-state index contributed by atoms with van der Waals surface area (Å²) >= 11 is 0. The van der Waals surface area contributed by atoms with Crippen LogP contribution in [0.4, 0.5) is 0 Å². The normalized spacial score (nSPS) is 10.6. The van der Waals surface area contributed by atoms with E-state index >= 15 is 0 Å². The molecule has 4 aromatic rings. The molecule has 4 nitrogen and oxygen atoms in total. The molecule has 0 aliphatic rings. The van der Waals surface area contributed by atoms with Gasteiger partial charge in [-0.15, -0.1) is 0 Å². The summed E-state index contributed by atoms with van der Waals surface area (Å²) in [7, 11) is 0. The van der Waals surface area contributed by atoms with Crippen LogP contribution in [0, 0.1) is 6.92 Å². The Kier molecular flexibility index (Phi) is 3.98. The fraction of sp³-hybridized carbons (Fsp3) is 0.158. The summed E-state index contributed by atoms with van der Waals surface area (Å²) in [5.74, 6) is 0. The average molecular weight is 305 g/mol. The van der Waals surface area contributed by atoms with E-state index in [1.807, 2.05) is 61.9 Å². The third-order valence-electron chi connectivity index (χ3n) is 3.77. The van der Waals surface area contributed by atoms with Crippen molar-refractivity contribution in [2.24, 2.45) is 0 Å². The SMILES string of the molecule is CC.Cc1nn(-c2ccc3c(=O)[nH]ccc3c2)c2ccccc12. The zero-order valence-corrected chi connectivity index (χ0v) is 13.5. The Balaban J connectivity index is 0.000000753. The van der Waals surface area contributed by atoms with Crippen molar-refractivity contribution < 1.29 is 0 Å². The van der Waals surface area contributed by atoms with Gasteiger partial charge in [0.15, 0.2) is 0 Å². The summed E-state index contributed by atoms with van der Waals surface area (Å²) in [6.45, 7) is 6.00. The number of hydrogen-bond donors (Lipinski definition) is 1. The highest BCUT2D eigenvalue weighted by Crippen LogP contribution is 2.23. The molecule has 2 heterocycles. The van der Waals surface area contributed by atoms with Gasteiger partial charge in [0.25, 0.3) is 5.56 Å². The zero-order chi connectivity index (χ0) is 16.4. The van der Waals surface area contributed by atoms with Crippen molar-refractivity contribution in [2.45, 2.75) is 20.8 Å². The number of para-hydroxylation sites is 1. The standard InChI is InChI=1S/C17H13N3O.C2H6/c1-11-14-4-2-3-5-16(14)20(19-11)13-6-7-15-12(10-13)8-9-18-17(15)21;1-2/h2-10H,1H3,(H,18,21);1-2H3. The van der Waals surface area contributed by atoms with Crippen LogP contribution in [0.1, 0.15) is 19.5 Å². The summed E-state index contributed by atoms with van der Waals surface area (Å²) in [4.78, 5) is 14.5. The van der Waals surface area contributed by atoms with E-state index in [0.717, 1.165) is 27.7 Å². The molecule has 1 N–H and O–H groups in total. The van der Waals surface area contributed by atoms with Crippen molar-refractivity contribution in [1.82, 2.24) is 14.8 Å².